The number of nitrogens with zero attached hydrogens (tertiary/aromatic N) is 2. The molecule has 4 nitrogen and oxygen atoms in total. The minimum atomic E-state index is -4.19. The van der Waals surface area contributed by atoms with Gasteiger partial charge in [0.25, 0.3) is 0 Å². The summed E-state index contributed by atoms with van der Waals surface area (Å²) in [6, 6.07) is 4.70. The van der Waals surface area contributed by atoms with Gasteiger partial charge in [0, 0.05) is 23.1 Å². The molecular weight excluding hydrogens is 364 g/mol. The van der Waals surface area contributed by atoms with Gasteiger partial charge in [0.2, 0.25) is 0 Å². The molecule has 0 spiro atoms. The van der Waals surface area contributed by atoms with Gasteiger partial charge < -0.3 is 11.1 Å². The molecule has 0 saturated carbocycles. The number of aliphatic imine (C=N–C) groups is 1. The van der Waals surface area contributed by atoms with E-state index in [1.54, 1.807) is 18.2 Å². The Balaban J connectivity index is 1.92. The second kappa shape index (κ2) is 7.80. The summed E-state index contributed by atoms with van der Waals surface area (Å²) in [6.45, 7) is 1.56. The molecular formula is C15H19Cl2F3N4. The Morgan fingerprint density at radius 2 is 2.17 bits per heavy atom. The Bertz CT molecular complexity index is 607. The zero-order valence-electron chi connectivity index (χ0n) is 13.1. The molecule has 0 aromatic heterocycles. The molecule has 1 aliphatic heterocycles. The van der Waals surface area contributed by atoms with E-state index < -0.39 is 12.7 Å². The first-order valence-corrected chi connectivity index (χ1v) is 8.23. The minimum absolute atomic E-state index is 0.187. The van der Waals surface area contributed by atoms with E-state index in [2.05, 4.69) is 10.3 Å². The van der Waals surface area contributed by atoms with Gasteiger partial charge in [-0.15, -0.1) is 0 Å². The maximum atomic E-state index is 12.4. The molecule has 1 saturated heterocycles. The van der Waals surface area contributed by atoms with Crippen molar-refractivity contribution in [3.63, 3.8) is 0 Å². The Labute approximate surface area is 148 Å². The van der Waals surface area contributed by atoms with Gasteiger partial charge >= 0.3 is 6.18 Å². The molecule has 0 bridgehead atoms. The van der Waals surface area contributed by atoms with Crippen LogP contribution in [0.3, 0.4) is 0 Å². The summed E-state index contributed by atoms with van der Waals surface area (Å²) in [5.41, 5.74) is 6.68. The number of likely N-dealkylation sites (tertiary alicyclic amines) is 1. The highest BCUT2D eigenvalue weighted by Crippen LogP contribution is 2.26. The van der Waals surface area contributed by atoms with Crippen molar-refractivity contribution in [2.45, 2.75) is 31.6 Å². The van der Waals surface area contributed by atoms with Crippen molar-refractivity contribution >= 4 is 29.2 Å². The van der Waals surface area contributed by atoms with E-state index in [1.807, 2.05) is 6.92 Å². The Kier molecular flexibility index (Phi) is 6.22. The van der Waals surface area contributed by atoms with Crippen molar-refractivity contribution in [3.8, 4) is 0 Å². The van der Waals surface area contributed by atoms with Crippen molar-refractivity contribution in [1.29, 1.82) is 0 Å². The van der Waals surface area contributed by atoms with E-state index in [0.29, 0.717) is 23.0 Å². The number of hydrogen-bond donors (Lipinski definition) is 2. The number of nitrogens with two attached hydrogens (primary N) is 1. The van der Waals surface area contributed by atoms with Crippen molar-refractivity contribution in [2.75, 3.05) is 19.6 Å². The maximum Gasteiger partial charge on any atom is 0.401 e. The van der Waals surface area contributed by atoms with Crippen LogP contribution in [0.5, 0.6) is 0 Å². The Morgan fingerprint density at radius 1 is 1.46 bits per heavy atom. The first-order valence-electron chi connectivity index (χ1n) is 7.48. The van der Waals surface area contributed by atoms with Crippen molar-refractivity contribution in [1.82, 2.24) is 10.2 Å². The molecule has 0 aliphatic carbocycles. The van der Waals surface area contributed by atoms with Crippen LogP contribution in [0.1, 0.15) is 24.9 Å². The largest absolute Gasteiger partial charge is 0.401 e. The van der Waals surface area contributed by atoms with E-state index in [9.17, 15) is 13.2 Å². The summed E-state index contributed by atoms with van der Waals surface area (Å²) < 4.78 is 37.2. The van der Waals surface area contributed by atoms with Gasteiger partial charge in [0.1, 0.15) is 0 Å². The van der Waals surface area contributed by atoms with Crippen LogP contribution in [0, 0.1) is 0 Å². The Morgan fingerprint density at radius 3 is 2.79 bits per heavy atom. The number of hydrogen-bond acceptors (Lipinski definition) is 2. The Hall–Kier alpha value is -1.18. The van der Waals surface area contributed by atoms with Crippen LogP contribution in [-0.4, -0.2) is 42.7 Å². The van der Waals surface area contributed by atoms with Crippen LogP contribution in [0.25, 0.3) is 0 Å². The average Bonchev–Trinajstić information content (AvgIpc) is 2.82. The van der Waals surface area contributed by atoms with Gasteiger partial charge in [-0.2, -0.15) is 13.2 Å². The number of alkyl halides is 3. The zero-order chi connectivity index (χ0) is 17.9. The van der Waals surface area contributed by atoms with Crippen LogP contribution < -0.4 is 11.1 Å². The lowest BCUT2D eigenvalue weighted by Gasteiger charge is -2.18. The van der Waals surface area contributed by atoms with Gasteiger partial charge in [0.15, 0.2) is 5.96 Å². The zero-order valence-corrected chi connectivity index (χ0v) is 14.6. The molecule has 3 N–H and O–H groups in total. The van der Waals surface area contributed by atoms with E-state index in [1.165, 1.54) is 4.90 Å². The molecule has 24 heavy (non-hydrogen) atoms. The van der Waals surface area contributed by atoms with Gasteiger partial charge in [-0.25, -0.2) is 4.99 Å². The van der Waals surface area contributed by atoms with E-state index in [0.717, 1.165) is 5.56 Å². The third-order valence-electron chi connectivity index (χ3n) is 3.77. The molecule has 2 atom stereocenters. The summed E-state index contributed by atoms with van der Waals surface area (Å²) in [6.07, 6.45) is -3.64. The molecule has 2 rings (SSSR count). The smallest absolute Gasteiger partial charge is 0.370 e. The standard InChI is InChI=1S/C15H19Cl2F3N4/c1-9(12-3-2-10(16)6-13(12)17)22-14(21)23-11-4-5-24(7-11)8-15(18,19)20/h2-3,6,9,11H,4-5,7-8H2,1H3,(H3,21,22,23). The van der Waals surface area contributed by atoms with E-state index in [4.69, 9.17) is 28.9 Å². The fourth-order valence-corrected chi connectivity index (χ4v) is 3.27. The van der Waals surface area contributed by atoms with E-state index in [-0.39, 0.29) is 24.6 Å². The summed E-state index contributed by atoms with van der Waals surface area (Å²) in [5.74, 6) is 0.187. The maximum absolute atomic E-state index is 12.4. The van der Waals surface area contributed by atoms with Crippen molar-refractivity contribution in [2.24, 2.45) is 10.7 Å². The first-order chi connectivity index (χ1) is 11.1. The van der Waals surface area contributed by atoms with Crippen LogP contribution in [0.15, 0.2) is 23.2 Å². The summed E-state index contributed by atoms with van der Waals surface area (Å²) >= 11 is 12.0. The lowest BCUT2D eigenvalue weighted by Crippen LogP contribution is -2.36. The summed E-state index contributed by atoms with van der Waals surface area (Å²) in [5, 5.41) is 4.05. The second-order valence-electron chi connectivity index (χ2n) is 5.84. The first kappa shape index (κ1) is 19.1. The van der Waals surface area contributed by atoms with Gasteiger partial charge in [-0.05, 0) is 31.0 Å². The van der Waals surface area contributed by atoms with Crippen LogP contribution in [0.2, 0.25) is 10.0 Å². The van der Waals surface area contributed by atoms with Crippen molar-refractivity contribution < 1.29 is 13.2 Å². The molecule has 1 heterocycles. The van der Waals surface area contributed by atoms with Gasteiger partial charge in [0.05, 0.1) is 18.6 Å². The molecule has 134 valence electrons. The summed E-state index contributed by atoms with van der Waals surface area (Å²) in [4.78, 5) is 5.61. The molecule has 2 unspecified atom stereocenters. The van der Waals surface area contributed by atoms with Gasteiger partial charge in [-0.1, -0.05) is 29.3 Å². The highest BCUT2D eigenvalue weighted by Gasteiger charge is 2.34. The SMILES string of the molecule is CC(NC(N)=NC1CCN(CC(F)(F)F)C1)c1ccc(Cl)cc1Cl. The highest BCUT2D eigenvalue weighted by atomic mass is 35.5. The number of halogens is 5. The highest BCUT2D eigenvalue weighted by molar-refractivity contribution is 6.35. The lowest BCUT2D eigenvalue weighted by molar-refractivity contribution is -0.143. The predicted molar refractivity (Wildman–Crippen MR) is 90.5 cm³/mol. The molecule has 9 heteroatoms. The van der Waals surface area contributed by atoms with Crippen molar-refractivity contribution in [3.05, 3.63) is 33.8 Å². The third-order valence-corrected chi connectivity index (χ3v) is 4.33. The normalized spacial score (nSPS) is 21.1. The number of guanidine groups is 1. The fraction of sp³-hybridized carbons (Fsp3) is 0.533. The van der Waals surface area contributed by atoms with E-state index >= 15 is 0 Å². The fourth-order valence-electron chi connectivity index (χ4n) is 2.70. The number of rotatable bonds is 4. The topological polar surface area (TPSA) is 53.6 Å². The summed E-state index contributed by atoms with van der Waals surface area (Å²) in [7, 11) is 0. The second-order valence-corrected chi connectivity index (χ2v) is 6.68. The lowest BCUT2D eigenvalue weighted by atomic mass is 10.1. The molecule has 0 amide bonds. The number of nitrogens with one attached hydrogen (secondary N) is 1. The molecule has 1 fully saturated rings. The monoisotopic (exact) mass is 382 g/mol. The third kappa shape index (κ3) is 5.72. The number of benzene rings is 1. The van der Waals surface area contributed by atoms with Crippen LogP contribution >= 0.6 is 23.2 Å². The average molecular weight is 383 g/mol. The molecule has 1 aromatic rings. The van der Waals surface area contributed by atoms with Crippen LogP contribution in [-0.2, 0) is 0 Å². The van der Waals surface area contributed by atoms with Crippen LogP contribution in [0.4, 0.5) is 13.2 Å². The molecule has 1 aromatic carbocycles. The quantitative estimate of drug-likeness (QED) is 0.617. The predicted octanol–water partition coefficient (Wildman–Crippen LogP) is 3.60. The minimum Gasteiger partial charge on any atom is -0.370 e. The molecule has 1 aliphatic rings. The molecule has 0 radical (unpaired) electrons. The van der Waals surface area contributed by atoms with Gasteiger partial charge in [-0.3, -0.25) is 4.90 Å².